The quantitative estimate of drug-likeness (QED) is 0.530. The number of rotatable bonds is 5. The van der Waals surface area contributed by atoms with Gasteiger partial charge in [0.25, 0.3) is 5.69 Å². The number of nitro benzene ring substituents is 1. The van der Waals surface area contributed by atoms with Gasteiger partial charge in [0.2, 0.25) is 15.9 Å². The van der Waals surface area contributed by atoms with Gasteiger partial charge < -0.3 is 5.32 Å². The van der Waals surface area contributed by atoms with Crippen LogP contribution in [0.2, 0.25) is 0 Å². The molecule has 1 saturated heterocycles. The number of sulfonamides is 1. The van der Waals surface area contributed by atoms with Gasteiger partial charge in [-0.05, 0) is 85.8 Å². The lowest BCUT2D eigenvalue weighted by Crippen LogP contribution is -2.50. The van der Waals surface area contributed by atoms with Gasteiger partial charge >= 0.3 is 0 Å². The van der Waals surface area contributed by atoms with Crippen molar-refractivity contribution in [1.29, 1.82) is 0 Å². The van der Waals surface area contributed by atoms with Crippen LogP contribution in [0.15, 0.2) is 35.2 Å². The van der Waals surface area contributed by atoms with Crippen molar-refractivity contribution in [2.75, 3.05) is 11.9 Å². The molecule has 2 aromatic rings. The smallest absolute Gasteiger partial charge is 0.269 e. The van der Waals surface area contributed by atoms with Gasteiger partial charge in [0.05, 0.1) is 9.82 Å². The number of carbonyl (C=O) groups is 1. The fourth-order valence-corrected chi connectivity index (χ4v) is 7.16. The summed E-state index contributed by atoms with van der Waals surface area (Å²) in [5, 5.41) is 14.1. The first-order chi connectivity index (χ1) is 15.9. The summed E-state index contributed by atoms with van der Waals surface area (Å²) in [5.41, 5.74) is 5.79. The molecular weight excluding hydrogens is 442 g/mol. The van der Waals surface area contributed by atoms with Crippen molar-refractivity contribution >= 4 is 27.3 Å². The van der Waals surface area contributed by atoms with Crippen molar-refractivity contribution in [3.8, 4) is 0 Å². The second kappa shape index (κ2) is 8.53. The van der Waals surface area contributed by atoms with Gasteiger partial charge in [0.15, 0.2) is 0 Å². The summed E-state index contributed by atoms with van der Waals surface area (Å²) in [6, 6.07) is 6.35. The summed E-state index contributed by atoms with van der Waals surface area (Å²) in [7, 11) is -3.96. The minimum absolute atomic E-state index is 0.0331. The summed E-state index contributed by atoms with van der Waals surface area (Å²) in [6.45, 7) is 0.252. The number of fused-ring (bicyclic) bond motifs is 2. The molecule has 9 heteroatoms. The number of nitro groups is 1. The van der Waals surface area contributed by atoms with E-state index in [2.05, 4.69) is 11.4 Å². The Bertz CT molecular complexity index is 1190. The number of hydrogen-bond acceptors (Lipinski definition) is 5. The number of nitrogens with one attached hydrogen (secondary N) is 1. The lowest BCUT2D eigenvalue weighted by Gasteiger charge is -2.34. The Balaban J connectivity index is 1.44. The Kier molecular flexibility index (Phi) is 5.70. The van der Waals surface area contributed by atoms with Gasteiger partial charge in [-0.25, -0.2) is 8.42 Å². The Morgan fingerprint density at radius 1 is 0.970 bits per heavy atom. The number of piperidine rings is 1. The average Bonchev–Trinajstić information content (AvgIpc) is 3.48. The Morgan fingerprint density at radius 2 is 1.61 bits per heavy atom. The van der Waals surface area contributed by atoms with Crippen molar-refractivity contribution in [2.24, 2.45) is 0 Å². The number of carbonyl (C=O) groups excluding carboxylic acids is 1. The Labute approximate surface area is 193 Å². The average molecular weight is 470 g/mol. The summed E-state index contributed by atoms with van der Waals surface area (Å²) in [5.74, 6) is -0.283. The first-order valence-electron chi connectivity index (χ1n) is 11.6. The number of aryl methyl sites for hydroxylation is 2. The van der Waals surface area contributed by atoms with E-state index in [0.29, 0.717) is 12.8 Å². The van der Waals surface area contributed by atoms with Crippen LogP contribution in [-0.2, 0) is 40.5 Å². The van der Waals surface area contributed by atoms with Gasteiger partial charge in [0.1, 0.15) is 6.04 Å². The second-order valence-corrected chi connectivity index (χ2v) is 11.0. The summed E-state index contributed by atoms with van der Waals surface area (Å²) < 4.78 is 28.0. The van der Waals surface area contributed by atoms with E-state index in [-0.39, 0.29) is 23.0 Å². The molecule has 1 atom stereocenters. The first kappa shape index (κ1) is 22.0. The van der Waals surface area contributed by atoms with E-state index in [1.165, 1.54) is 50.8 Å². The molecule has 2 aromatic carbocycles. The van der Waals surface area contributed by atoms with Crippen LogP contribution in [0.25, 0.3) is 0 Å². The third-order valence-corrected chi connectivity index (χ3v) is 9.05. The van der Waals surface area contributed by atoms with E-state index in [0.717, 1.165) is 50.6 Å². The molecule has 33 heavy (non-hydrogen) atoms. The molecule has 2 aliphatic carbocycles. The summed E-state index contributed by atoms with van der Waals surface area (Å²) >= 11 is 0. The van der Waals surface area contributed by atoms with E-state index in [4.69, 9.17) is 0 Å². The molecule has 1 aliphatic heterocycles. The molecular formula is C24H27N3O5S. The molecule has 1 fully saturated rings. The van der Waals surface area contributed by atoms with Crippen LogP contribution in [0.4, 0.5) is 11.4 Å². The SMILES string of the molecule is O=C(Nc1c2c(cc3c1CCC3)CCC2)C1CCCCN1S(=O)(=O)c1ccc([N+](=O)[O-])cc1. The van der Waals surface area contributed by atoms with Crippen LogP contribution >= 0.6 is 0 Å². The first-order valence-corrected chi connectivity index (χ1v) is 13.0. The van der Waals surface area contributed by atoms with Crippen molar-refractivity contribution < 1.29 is 18.1 Å². The minimum atomic E-state index is -3.96. The van der Waals surface area contributed by atoms with E-state index in [1.54, 1.807) is 0 Å². The largest absolute Gasteiger partial charge is 0.324 e. The zero-order chi connectivity index (χ0) is 23.2. The Morgan fingerprint density at radius 3 is 2.21 bits per heavy atom. The maximum absolute atomic E-state index is 13.5. The summed E-state index contributed by atoms with van der Waals surface area (Å²) in [6.07, 6.45) is 7.97. The highest BCUT2D eigenvalue weighted by Gasteiger charge is 2.38. The monoisotopic (exact) mass is 469 g/mol. The lowest BCUT2D eigenvalue weighted by molar-refractivity contribution is -0.384. The number of hydrogen-bond donors (Lipinski definition) is 1. The van der Waals surface area contributed by atoms with Crippen LogP contribution < -0.4 is 5.32 Å². The predicted molar refractivity (Wildman–Crippen MR) is 124 cm³/mol. The highest BCUT2D eigenvalue weighted by molar-refractivity contribution is 7.89. The van der Waals surface area contributed by atoms with E-state index in [1.807, 2.05) is 0 Å². The molecule has 0 spiro atoms. The molecule has 1 heterocycles. The maximum Gasteiger partial charge on any atom is 0.269 e. The molecule has 1 amide bonds. The van der Waals surface area contributed by atoms with E-state index >= 15 is 0 Å². The second-order valence-electron chi connectivity index (χ2n) is 9.10. The molecule has 8 nitrogen and oxygen atoms in total. The fourth-order valence-electron chi connectivity index (χ4n) is 5.50. The standard InChI is InChI=1S/C24H27N3O5S/c28-24(25-23-20-7-3-5-16(20)15-17-6-4-8-21(17)23)22-9-1-2-14-26(22)33(31,32)19-12-10-18(11-13-19)27(29)30/h10-13,15,22H,1-9,14H2,(H,25,28). The molecule has 5 rings (SSSR count). The maximum atomic E-state index is 13.5. The topological polar surface area (TPSA) is 110 Å². The van der Waals surface area contributed by atoms with Crippen molar-refractivity contribution in [3.05, 3.63) is 62.7 Å². The van der Waals surface area contributed by atoms with Crippen LogP contribution in [-0.4, -0.2) is 36.1 Å². The molecule has 0 aromatic heterocycles. The third-order valence-electron chi connectivity index (χ3n) is 7.13. The van der Waals surface area contributed by atoms with Gasteiger partial charge in [-0.1, -0.05) is 12.5 Å². The summed E-state index contributed by atoms with van der Waals surface area (Å²) in [4.78, 5) is 23.8. The van der Waals surface area contributed by atoms with Crippen LogP contribution in [0.3, 0.4) is 0 Å². The zero-order valence-corrected chi connectivity index (χ0v) is 19.2. The fraction of sp³-hybridized carbons (Fsp3) is 0.458. The number of benzene rings is 2. The third kappa shape index (κ3) is 3.93. The lowest BCUT2D eigenvalue weighted by atomic mass is 9.98. The molecule has 1 unspecified atom stereocenters. The van der Waals surface area contributed by atoms with Crippen molar-refractivity contribution in [1.82, 2.24) is 4.31 Å². The molecule has 174 valence electrons. The Hall–Kier alpha value is -2.78. The van der Waals surface area contributed by atoms with E-state index < -0.39 is 21.0 Å². The molecule has 0 bridgehead atoms. The number of non-ortho nitro benzene ring substituents is 1. The highest BCUT2D eigenvalue weighted by Crippen LogP contribution is 2.39. The van der Waals surface area contributed by atoms with Crippen LogP contribution in [0.1, 0.15) is 54.4 Å². The zero-order valence-electron chi connectivity index (χ0n) is 18.4. The van der Waals surface area contributed by atoms with Crippen LogP contribution in [0, 0.1) is 10.1 Å². The normalized spacial score (nSPS) is 20.3. The minimum Gasteiger partial charge on any atom is -0.324 e. The highest BCUT2D eigenvalue weighted by atomic mass is 32.2. The molecule has 1 N–H and O–H groups in total. The number of amides is 1. The van der Waals surface area contributed by atoms with Gasteiger partial charge in [-0.2, -0.15) is 4.31 Å². The van der Waals surface area contributed by atoms with Crippen molar-refractivity contribution in [2.45, 2.75) is 68.7 Å². The van der Waals surface area contributed by atoms with Gasteiger partial charge in [-0.15, -0.1) is 0 Å². The number of nitrogens with zero attached hydrogens (tertiary/aromatic N) is 2. The van der Waals surface area contributed by atoms with E-state index in [9.17, 15) is 23.3 Å². The number of anilines is 1. The van der Waals surface area contributed by atoms with Gasteiger partial charge in [-0.3, -0.25) is 14.9 Å². The van der Waals surface area contributed by atoms with Gasteiger partial charge in [0, 0.05) is 24.4 Å². The molecule has 0 radical (unpaired) electrons. The molecule has 3 aliphatic rings. The van der Waals surface area contributed by atoms with Crippen LogP contribution in [0.5, 0.6) is 0 Å². The molecule has 0 saturated carbocycles. The van der Waals surface area contributed by atoms with Crippen molar-refractivity contribution in [3.63, 3.8) is 0 Å². The predicted octanol–water partition coefficient (Wildman–Crippen LogP) is 3.75.